The minimum absolute atomic E-state index is 0.0537. The van der Waals surface area contributed by atoms with Gasteiger partial charge in [0.15, 0.2) is 0 Å². The van der Waals surface area contributed by atoms with Gasteiger partial charge in [0, 0.05) is 42.5 Å². The second-order valence-corrected chi connectivity index (χ2v) is 9.67. The molecule has 0 radical (unpaired) electrons. The van der Waals surface area contributed by atoms with Crippen LogP contribution in [0.1, 0.15) is 55.4 Å². The first-order chi connectivity index (χ1) is 16.9. The normalized spacial score (nSPS) is 12.1. The molecule has 1 aromatic heterocycles. The van der Waals surface area contributed by atoms with Gasteiger partial charge in [0.25, 0.3) is 0 Å². The van der Waals surface area contributed by atoms with Crippen molar-refractivity contribution in [1.29, 1.82) is 0 Å². The molecule has 0 unspecified atom stereocenters. The Hall–Kier alpha value is -3.53. The molecule has 4 aromatic rings. The molecule has 0 saturated heterocycles. The van der Waals surface area contributed by atoms with Gasteiger partial charge in [-0.2, -0.15) is 0 Å². The van der Waals surface area contributed by atoms with E-state index in [0.29, 0.717) is 25.5 Å². The molecule has 4 heteroatoms. The topological polar surface area (TPSA) is 43.3 Å². The lowest BCUT2D eigenvalue weighted by Crippen LogP contribution is -2.28. The third-order valence-electron chi connectivity index (χ3n) is 6.36. The van der Waals surface area contributed by atoms with Crippen molar-refractivity contribution < 1.29 is 9.53 Å². The van der Waals surface area contributed by atoms with E-state index in [1.807, 2.05) is 19.1 Å². The quantitative estimate of drug-likeness (QED) is 0.282. The Morgan fingerprint density at radius 1 is 0.971 bits per heavy atom. The van der Waals surface area contributed by atoms with E-state index in [9.17, 15) is 4.79 Å². The Morgan fingerprint density at radius 3 is 2.37 bits per heavy atom. The summed E-state index contributed by atoms with van der Waals surface area (Å²) in [5.41, 5.74) is 5.99. The smallest absolute Gasteiger partial charge is 0.220 e. The van der Waals surface area contributed by atoms with Gasteiger partial charge in [-0.3, -0.25) is 4.79 Å². The molecule has 4 rings (SSSR count). The molecule has 1 heterocycles. The SMILES string of the molecule is CCOc1ccc([C@H](CC(=O)NCC(C)C)c2cn(Cc3ccc(C)cc3)c3ccccc23)cc1. The Kier molecular flexibility index (Phi) is 7.91. The molecule has 0 aliphatic rings. The molecule has 4 nitrogen and oxygen atoms in total. The molecular weight excluding hydrogens is 432 g/mol. The molecule has 0 aliphatic carbocycles. The van der Waals surface area contributed by atoms with Crippen molar-refractivity contribution in [2.24, 2.45) is 5.92 Å². The maximum absolute atomic E-state index is 13.0. The number of nitrogens with one attached hydrogen (secondary N) is 1. The summed E-state index contributed by atoms with van der Waals surface area (Å²) in [6.07, 6.45) is 2.64. The lowest BCUT2D eigenvalue weighted by molar-refractivity contribution is -0.121. The first kappa shape index (κ1) is 24.6. The predicted octanol–water partition coefficient (Wildman–Crippen LogP) is 6.69. The van der Waals surface area contributed by atoms with Gasteiger partial charge in [-0.1, -0.05) is 74.0 Å². The number of hydrogen-bond acceptors (Lipinski definition) is 2. The largest absolute Gasteiger partial charge is 0.494 e. The van der Waals surface area contributed by atoms with Gasteiger partial charge in [-0.15, -0.1) is 0 Å². The molecule has 1 amide bonds. The summed E-state index contributed by atoms with van der Waals surface area (Å²) in [6.45, 7) is 10.4. The van der Waals surface area contributed by atoms with Crippen LogP contribution in [-0.4, -0.2) is 23.6 Å². The van der Waals surface area contributed by atoms with Gasteiger partial charge in [0.2, 0.25) is 5.91 Å². The van der Waals surface area contributed by atoms with Gasteiger partial charge in [-0.05, 0) is 54.7 Å². The number of ether oxygens (including phenoxy) is 1. The lowest BCUT2D eigenvalue weighted by Gasteiger charge is -2.18. The fraction of sp³-hybridized carbons (Fsp3) is 0.323. The minimum Gasteiger partial charge on any atom is -0.494 e. The fourth-order valence-corrected chi connectivity index (χ4v) is 4.52. The van der Waals surface area contributed by atoms with E-state index in [1.165, 1.54) is 27.6 Å². The molecule has 1 atom stereocenters. The van der Waals surface area contributed by atoms with Crippen LogP contribution in [0.25, 0.3) is 10.9 Å². The summed E-state index contributed by atoms with van der Waals surface area (Å²) < 4.78 is 7.97. The molecule has 35 heavy (non-hydrogen) atoms. The highest BCUT2D eigenvalue weighted by Crippen LogP contribution is 2.36. The highest BCUT2D eigenvalue weighted by molar-refractivity contribution is 5.86. The summed E-state index contributed by atoms with van der Waals surface area (Å²) in [7, 11) is 0. The first-order valence-electron chi connectivity index (χ1n) is 12.6. The van der Waals surface area contributed by atoms with E-state index in [-0.39, 0.29) is 11.8 Å². The Bertz CT molecular complexity index is 1250. The van der Waals surface area contributed by atoms with Crippen LogP contribution in [0.3, 0.4) is 0 Å². The fourth-order valence-electron chi connectivity index (χ4n) is 4.52. The zero-order valence-electron chi connectivity index (χ0n) is 21.3. The summed E-state index contributed by atoms with van der Waals surface area (Å²) >= 11 is 0. The van der Waals surface area contributed by atoms with E-state index in [0.717, 1.165) is 17.9 Å². The number of carbonyl (C=O) groups is 1. The Balaban J connectivity index is 1.73. The van der Waals surface area contributed by atoms with Crippen LogP contribution in [0.5, 0.6) is 5.75 Å². The van der Waals surface area contributed by atoms with Gasteiger partial charge in [0.1, 0.15) is 5.75 Å². The maximum Gasteiger partial charge on any atom is 0.220 e. The van der Waals surface area contributed by atoms with Crippen molar-refractivity contribution >= 4 is 16.8 Å². The van der Waals surface area contributed by atoms with Crippen LogP contribution in [0.2, 0.25) is 0 Å². The van der Waals surface area contributed by atoms with Crippen molar-refractivity contribution in [3.05, 3.63) is 101 Å². The van der Waals surface area contributed by atoms with Crippen molar-refractivity contribution in [1.82, 2.24) is 9.88 Å². The Labute approximate surface area is 208 Å². The number of amides is 1. The average Bonchev–Trinajstić information content (AvgIpc) is 3.21. The summed E-state index contributed by atoms with van der Waals surface area (Å²) in [6, 6.07) is 25.4. The molecule has 182 valence electrons. The van der Waals surface area contributed by atoms with Crippen LogP contribution >= 0.6 is 0 Å². The van der Waals surface area contributed by atoms with Crippen molar-refractivity contribution in [2.75, 3.05) is 13.2 Å². The highest BCUT2D eigenvalue weighted by atomic mass is 16.5. The van der Waals surface area contributed by atoms with Gasteiger partial charge >= 0.3 is 0 Å². The summed E-state index contributed by atoms with van der Waals surface area (Å²) in [5, 5.41) is 4.30. The van der Waals surface area contributed by atoms with Crippen LogP contribution in [-0.2, 0) is 11.3 Å². The number of aromatic nitrogens is 1. The van der Waals surface area contributed by atoms with Crippen molar-refractivity contribution in [2.45, 2.75) is 46.6 Å². The molecule has 0 bridgehead atoms. The Morgan fingerprint density at radius 2 is 1.69 bits per heavy atom. The summed E-state index contributed by atoms with van der Waals surface area (Å²) in [4.78, 5) is 13.0. The zero-order valence-corrected chi connectivity index (χ0v) is 21.3. The number of carbonyl (C=O) groups excluding carboxylic acids is 1. The van der Waals surface area contributed by atoms with Gasteiger partial charge in [0.05, 0.1) is 6.61 Å². The summed E-state index contributed by atoms with van der Waals surface area (Å²) in [5.74, 6) is 1.29. The number of rotatable bonds is 10. The van der Waals surface area contributed by atoms with Gasteiger partial charge < -0.3 is 14.6 Å². The van der Waals surface area contributed by atoms with Gasteiger partial charge in [-0.25, -0.2) is 0 Å². The van der Waals surface area contributed by atoms with Crippen LogP contribution in [0.4, 0.5) is 0 Å². The second kappa shape index (κ2) is 11.3. The molecule has 0 aliphatic heterocycles. The lowest BCUT2D eigenvalue weighted by atomic mass is 9.88. The third-order valence-corrected chi connectivity index (χ3v) is 6.36. The van der Waals surface area contributed by atoms with E-state index < -0.39 is 0 Å². The minimum atomic E-state index is -0.0537. The molecule has 0 saturated carbocycles. The van der Waals surface area contributed by atoms with E-state index in [2.05, 4.69) is 97.5 Å². The van der Waals surface area contributed by atoms with E-state index in [4.69, 9.17) is 4.74 Å². The highest BCUT2D eigenvalue weighted by Gasteiger charge is 2.23. The van der Waals surface area contributed by atoms with Crippen LogP contribution in [0.15, 0.2) is 79.0 Å². The van der Waals surface area contributed by atoms with E-state index >= 15 is 0 Å². The standard InChI is InChI=1S/C31H36N2O2/c1-5-35-26-16-14-25(15-17-26)28(18-31(34)32-19-22(2)3)29-21-33(30-9-7-6-8-27(29)30)20-24-12-10-23(4)11-13-24/h6-17,21-22,28H,5,18-20H2,1-4H3,(H,32,34)/t28-/m0/s1. The molecule has 3 aromatic carbocycles. The number of aryl methyl sites for hydroxylation is 1. The molecule has 0 fully saturated rings. The number of para-hydroxylation sites is 1. The predicted molar refractivity (Wildman–Crippen MR) is 144 cm³/mol. The number of benzene rings is 3. The maximum atomic E-state index is 13.0. The van der Waals surface area contributed by atoms with Crippen molar-refractivity contribution in [3.8, 4) is 5.75 Å². The monoisotopic (exact) mass is 468 g/mol. The first-order valence-corrected chi connectivity index (χ1v) is 12.6. The van der Waals surface area contributed by atoms with E-state index in [1.54, 1.807) is 0 Å². The van der Waals surface area contributed by atoms with Crippen molar-refractivity contribution in [3.63, 3.8) is 0 Å². The zero-order chi connectivity index (χ0) is 24.8. The number of hydrogen-bond donors (Lipinski definition) is 1. The van der Waals surface area contributed by atoms with Crippen LogP contribution in [0, 0.1) is 12.8 Å². The molecular formula is C31H36N2O2. The molecule has 1 N–H and O–H groups in total. The third kappa shape index (κ3) is 6.13. The number of nitrogens with zero attached hydrogens (tertiary/aromatic N) is 1. The van der Waals surface area contributed by atoms with Crippen LogP contribution < -0.4 is 10.1 Å². The number of fused-ring (bicyclic) bond motifs is 1. The molecule has 0 spiro atoms. The second-order valence-electron chi connectivity index (χ2n) is 9.67. The average molecular weight is 469 g/mol.